The lowest BCUT2D eigenvalue weighted by atomic mass is 9.81. The van der Waals surface area contributed by atoms with Crippen molar-refractivity contribution in [1.82, 2.24) is 0 Å². The highest BCUT2D eigenvalue weighted by atomic mass is 16.6. The Morgan fingerprint density at radius 3 is 2.35 bits per heavy atom. The van der Waals surface area contributed by atoms with E-state index in [1.54, 1.807) is 24.3 Å². The number of rotatable bonds is 7. The van der Waals surface area contributed by atoms with Gasteiger partial charge in [0.15, 0.2) is 0 Å². The molecule has 0 saturated carbocycles. The number of hydrogen-bond donors (Lipinski definition) is 0. The molecule has 0 spiro atoms. The van der Waals surface area contributed by atoms with Gasteiger partial charge in [-0.1, -0.05) is 12.1 Å². The summed E-state index contributed by atoms with van der Waals surface area (Å²) in [6.07, 6.45) is 0. The highest BCUT2D eigenvalue weighted by molar-refractivity contribution is 6.01. The van der Waals surface area contributed by atoms with E-state index in [1.165, 1.54) is 21.0 Å². The van der Waals surface area contributed by atoms with E-state index >= 15 is 0 Å². The molecule has 0 radical (unpaired) electrons. The average molecular weight is 279 g/mol. The van der Waals surface area contributed by atoms with E-state index in [9.17, 15) is 19.7 Å². The summed E-state index contributed by atoms with van der Waals surface area (Å²) in [5, 5.41) is 10.8. The van der Waals surface area contributed by atoms with Crippen LogP contribution < -0.4 is 4.74 Å². The van der Waals surface area contributed by atoms with Crippen molar-refractivity contribution in [3.8, 4) is 5.75 Å². The Morgan fingerprint density at radius 1 is 1.30 bits per heavy atom. The number of benzene rings is 1. The van der Waals surface area contributed by atoms with Crippen LogP contribution in [-0.2, 0) is 9.59 Å². The van der Waals surface area contributed by atoms with E-state index in [1.807, 2.05) is 0 Å². The van der Waals surface area contributed by atoms with Crippen LogP contribution in [0.3, 0.4) is 0 Å². The van der Waals surface area contributed by atoms with Gasteiger partial charge >= 0.3 is 0 Å². The second kappa shape index (κ2) is 6.79. The summed E-state index contributed by atoms with van der Waals surface area (Å²) >= 11 is 0. The molecular weight excluding hydrogens is 262 g/mol. The van der Waals surface area contributed by atoms with Gasteiger partial charge in [0.25, 0.3) is 0 Å². The third kappa shape index (κ3) is 3.88. The minimum absolute atomic E-state index is 0.368. The maximum Gasteiger partial charge on any atom is 0.211 e. The predicted molar refractivity (Wildman–Crippen MR) is 72.4 cm³/mol. The fourth-order valence-corrected chi connectivity index (χ4v) is 2.29. The lowest BCUT2D eigenvalue weighted by Crippen LogP contribution is -2.31. The number of ketones is 2. The number of carbonyl (C=O) groups is 2. The molecule has 0 aromatic heterocycles. The molecule has 1 aromatic rings. The summed E-state index contributed by atoms with van der Waals surface area (Å²) in [6.45, 7) is 2.08. The molecule has 0 amide bonds. The average Bonchev–Trinajstić information content (AvgIpc) is 2.36. The van der Waals surface area contributed by atoms with Gasteiger partial charge in [0.1, 0.15) is 17.3 Å². The quantitative estimate of drug-likeness (QED) is 0.432. The number of ether oxygens (including phenoxy) is 1. The highest BCUT2D eigenvalue weighted by Crippen LogP contribution is 2.29. The van der Waals surface area contributed by atoms with Crippen LogP contribution in [0.1, 0.15) is 25.3 Å². The van der Waals surface area contributed by atoms with Crippen LogP contribution in [0.5, 0.6) is 5.75 Å². The monoisotopic (exact) mass is 279 g/mol. The third-order valence-corrected chi connectivity index (χ3v) is 3.15. The molecule has 0 aliphatic rings. The lowest BCUT2D eigenvalue weighted by molar-refractivity contribution is -0.484. The number of carbonyl (C=O) groups excluding carboxylic acids is 2. The van der Waals surface area contributed by atoms with E-state index < -0.39 is 23.3 Å². The van der Waals surface area contributed by atoms with E-state index in [0.29, 0.717) is 11.3 Å². The minimum atomic E-state index is -1.01. The SMILES string of the molecule is COc1cccc([C@H](C[N+](=O)[O-])C(C(C)=O)C(C)=O)c1. The van der Waals surface area contributed by atoms with Gasteiger partial charge in [-0.25, -0.2) is 0 Å². The number of hydrogen-bond acceptors (Lipinski definition) is 5. The second-order valence-corrected chi connectivity index (χ2v) is 4.60. The van der Waals surface area contributed by atoms with Gasteiger partial charge in [0, 0.05) is 4.92 Å². The maximum absolute atomic E-state index is 11.7. The Balaban J connectivity index is 3.25. The summed E-state index contributed by atoms with van der Waals surface area (Å²) in [6, 6.07) is 6.66. The van der Waals surface area contributed by atoms with Crippen molar-refractivity contribution in [1.29, 1.82) is 0 Å². The molecule has 0 unspecified atom stereocenters. The Morgan fingerprint density at radius 2 is 1.90 bits per heavy atom. The molecule has 0 heterocycles. The molecule has 0 aliphatic carbocycles. The van der Waals surface area contributed by atoms with Crippen LogP contribution >= 0.6 is 0 Å². The predicted octanol–water partition coefficient (Wildman–Crippen LogP) is 1.85. The highest BCUT2D eigenvalue weighted by Gasteiger charge is 2.34. The summed E-state index contributed by atoms with van der Waals surface area (Å²) in [5.74, 6) is -2.00. The molecule has 20 heavy (non-hydrogen) atoms. The van der Waals surface area contributed by atoms with E-state index in [2.05, 4.69) is 0 Å². The molecule has 1 aromatic carbocycles. The van der Waals surface area contributed by atoms with Crippen molar-refractivity contribution < 1.29 is 19.2 Å². The Labute approximate surface area is 116 Å². The van der Waals surface area contributed by atoms with Gasteiger partial charge in [0.05, 0.1) is 18.9 Å². The zero-order chi connectivity index (χ0) is 15.3. The van der Waals surface area contributed by atoms with Crippen molar-refractivity contribution in [3.63, 3.8) is 0 Å². The molecule has 108 valence electrons. The molecule has 0 N–H and O–H groups in total. The van der Waals surface area contributed by atoms with Crippen LogP contribution in [0.25, 0.3) is 0 Å². The topological polar surface area (TPSA) is 86.5 Å². The standard InChI is InChI=1S/C14H17NO5/c1-9(16)14(10(2)17)13(8-15(18)19)11-5-4-6-12(7-11)20-3/h4-7,13-14H,8H2,1-3H3/t13-/m0/s1. The third-order valence-electron chi connectivity index (χ3n) is 3.15. The molecular formula is C14H17NO5. The van der Waals surface area contributed by atoms with Gasteiger partial charge in [-0.05, 0) is 31.5 Å². The first-order valence-corrected chi connectivity index (χ1v) is 6.13. The van der Waals surface area contributed by atoms with Gasteiger partial charge in [-0.3, -0.25) is 19.7 Å². The first-order valence-electron chi connectivity index (χ1n) is 6.13. The number of nitro groups is 1. The normalized spacial score (nSPS) is 12.0. The van der Waals surface area contributed by atoms with E-state index in [-0.39, 0.29) is 11.6 Å². The van der Waals surface area contributed by atoms with E-state index in [4.69, 9.17) is 4.74 Å². The largest absolute Gasteiger partial charge is 0.497 e. The van der Waals surface area contributed by atoms with Crippen LogP contribution in [-0.4, -0.2) is 30.1 Å². The second-order valence-electron chi connectivity index (χ2n) is 4.60. The molecule has 1 rings (SSSR count). The number of methoxy groups -OCH3 is 1. The first kappa shape index (κ1) is 15.8. The van der Waals surface area contributed by atoms with Crippen molar-refractivity contribution >= 4 is 11.6 Å². The smallest absolute Gasteiger partial charge is 0.211 e. The zero-order valence-electron chi connectivity index (χ0n) is 11.7. The fourth-order valence-electron chi connectivity index (χ4n) is 2.29. The zero-order valence-corrected chi connectivity index (χ0v) is 11.7. The molecule has 0 bridgehead atoms. The summed E-state index contributed by atoms with van der Waals surface area (Å²) in [7, 11) is 1.48. The molecule has 6 heteroatoms. The Bertz CT molecular complexity index is 512. The number of Topliss-reactive ketones (excluding diaryl/α,β-unsaturated/α-hetero) is 2. The fraction of sp³-hybridized carbons (Fsp3) is 0.429. The minimum Gasteiger partial charge on any atom is -0.497 e. The molecule has 6 nitrogen and oxygen atoms in total. The first-order chi connectivity index (χ1) is 9.36. The van der Waals surface area contributed by atoms with E-state index in [0.717, 1.165) is 0 Å². The van der Waals surface area contributed by atoms with Crippen molar-refractivity contribution in [2.45, 2.75) is 19.8 Å². The Kier molecular flexibility index (Phi) is 5.37. The lowest BCUT2D eigenvalue weighted by Gasteiger charge is -2.20. The van der Waals surface area contributed by atoms with Crippen LogP contribution in [0.4, 0.5) is 0 Å². The van der Waals surface area contributed by atoms with Crippen molar-refractivity contribution in [2.75, 3.05) is 13.7 Å². The maximum atomic E-state index is 11.7. The summed E-state index contributed by atoms with van der Waals surface area (Å²) < 4.78 is 5.07. The molecule has 0 aliphatic heterocycles. The summed E-state index contributed by atoms with van der Waals surface area (Å²) in [5.41, 5.74) is 0.552. The van der Waals surface area contributed by atoms with Gasteiger partial charge in [0.2, 0.25) is 6.54 Å². The van der Waals surface area contributed by atoms with Crippen LogP contribution in [0, 0.1) is 16.0 Å². The van der Waals surface area contributed by atoms with Crippen molar-refractivity contribution in [3.05, 3.63) is 39.9 Å². The van der Waals surface area contributed by atoms with Crippen LogP contribution in [0.2, 0.25) is 0 Å². The van der Waals surface area contributed by atoms with Crippen LogP contribution in [0.15, 0.2) is 24.3 Å². The van der Waals surface area contributed by atoms with Gasteiger partial charge in [-0.2, -0.15) is 0 Å². The molecule has 0 fully saturated rings. The number of nitrogens with zero attached hydrogens (tertiary/aromatic N) is 1. The summed E-state index contributed by atoms with van der Waals surface area (Å²) in [4.78, 5) is 33.7. The Hall–Kier alpha value is -2.24. The van der Waals surface area contributed by atoms with Crippen molar-refractivity contribution in [2.24, 2.45) is 5.92 Å². The molecule has 0 saturated heterocycles. The molecule has 1 atom stereocenters. The van der Waals surface area contributed by atoms with Gasteiger partial charge < -0.3 is 4.74 Å². The van der Waals surface area contributed by atoms with Gasteiger partial charge in [-0.15, -0.1) is 0 Å².